The minimum absolute atomic E-state index is 0.0247. The van der Waals surface area contributed by atoms with Crippen molar-refractivity contribution in [3.63, 3.8) is 0 Å². The molecule has 2 aromatic rings. The SMILES string of the molecule is COCCn1nc(C2CCCN(C(=O)c3cc(Cl)ccc3[N+](=O)[O-])C2)n(C2CC2)c1=O. The molecule has 0 radical (unpaired) electrons. The summed E-state index contributed by atoms with van der Waals surface area (Å²) in [5, 5.41) is 16.2. The van der Waals surface area contributed by atoms with Gasteiger partial charge in [0, 0.05) is 43.2 Å². The number of aromatic nitrogens is 3. The zero-order chi connectivity index (χ0) is 22.1. The molecule has 0 N–H and O–H groups in total. The van der Waals surface area contributed by atoms with Gasteiger partial charge in [-0.25, -0.2) is 9.48 Å². The maximum absolute atomic E-state index is 13.2. The maximum Gasteiger partial charge on any atom is 0.346 e. The largest absolute Gasteiger partial charge is 0.383 e. The number of rotatable bonds is 7. The van der Waals surface area contributed by atoms with Crippen LogP contribution < -0.4 is 5.69 Å². The molecule has 0 bridgehead atoms. The summed E-state index contributed by atoms with van der Waals surface area (Å²) in [6.45, 7) is 1.58. The number of nitro benzene ring substituents is 1. The lowest BCUT2D eigenvalue weighted by Gasteiger charge is -2.32. The summed E-state index contributed by atoms with van der Waals surface area (Å²) in [5.41, 5.74) is -0.443. The van der Waals surface area contributed by atoms with E-state index in [-0.39, 0.29) is 33.9 Å². The van der Waals surface area contributed by atoms with E-state index in [0.717, 1.165) is 19.3 Å². The van der Waals surface area contributed by atoms with Crippen molar-refractivity contribution in [2.45, 2.75) is 44.2 Å². The average molecular weight is 450 g/mol. The first-order valence-electron chi connectivity index (χ1n) is 10.3. The van der Waals surface area contributed by atoms with Crippen LogP contribution in [-0.4, -0.2) is 56.9 Å². The van der Waals surface area contributed by atoms with Gasteiger partial charge in [-0.2, -0.15) is 5.10 Å². The van der Waals surface area contributed by atoms with Crippen molar-refractivity contribution in [3.05, 3.63) is 55.2 Å². The Balaban J connectivity index is 1.61. The fraction of sp³-hybridized carbons (Fsp3) is 0.550. The number of ether oxygens (including phenoxy) is 1. The van der Waals surface area contributed by atoms with Crippen LogP contribution in [0.4, 0.5) is 5.69 Å². The summed E-state index contributed by atoms with van der Waals surface area (Å²) in [6, 6.07) is 4.14. The van der Waals surface area contributed by atoms with E-state index in [1.165, 1.54) is 22.9 Å². The second-order valence-corrected chi connectivity index (χ2v) is 8.40. The quantitative estimate of drug-likeness (QED) is 0.474. The van der Waals surface area contributed by atoms with Gasteiger partial charge in [-0.15, -0.1) is 0 Å². The first kappa shape index (κ1) is 21.5. The fourth-order valence-corrected chi connectivity index (χ4v) is 4.27. The molecule has 1 atom stereocenters. The van der Waals surface area contributed by atoms with Crippen LogP contribution in [0.25, 0.3) is 0 Å². The van der Waals surface area contributed by atoms with Gasteiger partial charge in [-0.3, -0.25) is 19.5 Å². The Bertz CT molecular complexity index is 1060. The fourth-order valence-electron chi connectivity index (χ4n) is 4.10. The second kappa shape index (κ2) is 8.80. The average Bonchev–Trinajstić information content (AvgIpc) is 3.54. The highest BCUT2D eigenvalue weighted by molar-refractivity contribution is 6.31. The Kier molecular flexibility index (Phi) is 6.10. The van der Waals surface area contributed by atoms with Gasteiger partial charge in [0.2, 0.25) is 0 Å². The molecule has 10 nitrogen and oxygen atoms in total. The van der Waals surface area contributed by atoms with Crippen molar-refractivity contribution < 1.29 is 14.5 Å². The smallest absolute Gasteiger partial charge is 0.346 e. The lowest BCUT2D eigenvalue weighted by atomic mass is 9.96. The van der Waals surface area contributed by atoms with Gasteiger partial charge in [0.05, 0.1) is 18.1 Å². The summed E-state index contributed by atoms with van der Waals surface area (Å²) < 4.78 is 8.27. The summed E-state index contributed by atoms with van der Waals surface area (Å²) in [7, 11) is 1.57. The number of hydrogen-bond donors (Lipinski definition) is 0. The van der Waals surface area contributed by atoms with E-state index < -0.39 is 10.8 Å². The molecule has 1 aliphatic heterocycles. The number of halogens is 1. The molecule has 1 aromatic carbocycles. The van der Waals surface area contributed by atoms with Crippen LogP contribution in [0.3, 0.4) is 0 Å². The van der Waals surface area contributed by atoms with Crippen LogP contribution in [0.2, 0.25) is 5.02 Å². The van der Waals surface area contributed by atoms with Gasteiger partial charge in [-0.05, 0) is 37.8 Å². The lowest BCUT2D eigenvalue weighted by molar-refractivity contribution is -0.385. The third-order valence-electron chi connectivity index (χ3n) is 5.78. The molecule has 1 aromatic heterocycles. The Labute approximate surface area is 183 Å². The standard InChI is InChI=1S/C20H24ClN5O5/c1-31-10-9-24-20(28)25(15-5-6-15)18(22-24)13-3-2-8-23(12-13)19(27)16-11-14(21)4-7-17(16)26(29)30/h4,7,11,13,15H,2-3,5-6,8-10,12H2,1H3. The highest BCUT2D eigenvalue weighted by Crippen LogP contribution is 2.37. The molecular formula is C20H24ClN5O5. The summed E-state index contributed by atoms with van der Waals surface area (Å²) >= 11 is 6.00. The zero-order valence-corrected chi connectivity index (χ0v) is 18.0. The Morgan fingerprint density at radius 1 is 1.35 bits per heavy atom. The van der Waals surface area contributed by atoms with Crippen molar-refractivity contribution in [2.24, 2.45) is 0 Å². The van der Waals surface area contributed by atoms with Crippen LogP contribution in [0.15, 0.2) is 23.0 Å². The number of nitro groups is 1. The van der Waals surface area contributed by atoms with Crippen molar-refractivity contribution in [2.75, 3.05) is 26.8 Å². The van der Waals surface area contributed by atoms with Crippen molar-refractivity contribution in [1.29, 1.82) is 0 Å². The summed E-state index contributed by atoms with van der Waals surface area (Å²) in [5.74, 6) is 0.132. The molecule has 2 fully saturated rings. The number of amides is 1. The first-order chi connectivity index (χ1) is 14.9. The normalized spacial score (nSPS) is 18.9. The minimum Gasteiger partial charge on any atom is -0.383 e. The number of hydrogen-bond acceptors (Lipinski definition) is 6. The predicted molar refractivity (Wildman–Crippen MR) is 113 cm³/mol. The van der Waals surface area contributed by atoms with Gasteiger partial charge in [0.15, 0.2) is 0 Å². The topological polar surface area (TPSA) is 112 Å². The van der Waals surface area contributed by atoms with E-state index >= 15 is 0 Å². The second-order valence-electron chi connectivity index (χ2n) is 7.97. The zero-order valence-electron chi connectivity index (χ0n) is 17.2. The summed E-state index contributed by atoms with van der Waals surface area (Å²) in [4.78, 5) is 38.4. The number of carbonyl (C=O) groups excluding carboxylic acids is 1. The third kappa shape index (κ3) is 4.35. The molecule has 0 spiro atoms. The molecule has 2 heterocycles. The van der Waals surface area contributed by atoms with Gasteiger partial charge in [-0.1, -0.05) is 11.6 Å². The molecule has 166 valence electrons. The highest BCUT2D eigenvalue weighted by Gasteiger charge is 2.36. The highest BCUT2D eigenvalue weighted by atomic mass is 35.5. The molecule has 1 unspecified atom stereocenters. The van der Waals surface area contributed by atoms with E-state index in [0.29, 0.717) is 38.5 Å². The molecule has 1 saturated carbocycles. The number of likely N-dealkylation sites (tertiary alicyclic amines) is 1. The Hall–Kier alpha value is -2.72. The van der Waals surface area contributed by atoms with E-state index in [4.69, 9.17) is 16.3 Å². The van der Waals surface area contributed by atoms with Gasteiger partial charge in [0.1, 0.15) is 11.4 Å². The number of nitrogens with zero attached hydrogens (tertiary/aromatic N) is 5. The van der Waals surface area contributed by atoms with E-state index in [1.807, 2.05) is 0 Å². The van der Waals surface area contributed by atoms with Crippen LogP contribution in [-0.2, 0) is 11.3 Å². The van der Waals surface area contributed by atoms with Crippen molar-refractivity contribution in [1.82, 2.24) is 19.2 Å². The molecule has 1 saturated heterocycles. The summed E-state index contributed by atoms with van der Waals surface area (Å²) in [6.07, 6.45) is 3.38. The van der Waals surface area contributed by atoms with Gasteiger partial charge < -0.3 is 9.64 Å². The van der Waals surface area contributed by atoms with Crippen molar-refractivity contribution in [3.8, 4) is 0 Å². The molecule has 11 heteroatoms. The van der Waals surface area contributed by atoms with Gasteiger partial charge >= 0.3 is 5.69 Å². The predicted octanol–water partition coefficient (Wildman–Crippen LogP) is 2.61. The maximum atomic E-state index is 13.2. The van der Waals surface area contributed by atoms with E-state index in [1.54, 1.807) is 16.6 Å². The Morgan fingerprint density at radius 2 is 2.13 bits per heavy atom. The van der Waals surface area contributed by atoms with Crippen LogP contribution in [0, 0.1) is 10.1 Å². The number of piperidine rings is 1. The molecule has 1 aliphatic carbocycles. The number of benzene rings is 1. The number of methoxy groups -OCH3 is 1. The molecule has 2 aliphatic rings. The lowest BCUT2D eigenvalue weighted by Crippen LogP contribution is -2.40. The monoisotopic (exact) mass is 449 g/mol. The third-order valence-corrected chi connectivity index (χ3v) is 6.01. The number of carbonyl (C=O) groups is 1. The van der Waals surface area contributed by atoms with Crippen molar-refractivity contribution >= 4 is 23.2 Å². The van der Waals surface area contributed by atoms with Crippen LogP contribution in [0.5, 0.6) is 0 Å². The first-order valence-corrected chi connectivity index (χ1v) is 10.7. The Morgan fingerprint density at radius 3 is 2.81 bits per heavy atom. The molecule has 1 amide bonds. The van der Waals surface area contributed by atoms with E-state index in [9.17, 15) is 19.7 Å². The molecule has 31 heavy (non-hydrogen) atoms. The van der Waals surface area contributed by atoms with Gasteiger partial charge in [0.25, 0.3) is 11.6 Å². The van der Waals surface area contributed by atoms with E-state index in [2.05, 4.69) is 5.10 Å². The van der Waals surface area contributed by atoms with Crippen LogP contribution >= 0.6 is 11.6 Å². The molecular weight excluding hydrogens is 426 g/mol. The molecule has 4 rings (SSSR count). The minimum atomic E-state index is -0.576. The van der Waals surface area contributed by atoms with Crippen LogP contribution in [0.1, 0.15) is 53.8 Å².